The summed E-state index contributed by atoms with van der Waals surface area (Å²) >= 11 is 0. The maximum absolute atomic E-state index is 13.0. The monoisotopic (exact) mass is 837 g/mol. The zero-order chi connectivity index (χ0) is 43.3. The highest BCUT2D eigenvalue weighted by Gasteiger charge is 2.15. The number of nitrogens with zero attached hydrogens (tertiary/aromatic N) is 2. The van der Waals surface area contributed by atoms with Crippen molar-refractivity contribution in [3.05, 3.63) is 71.4 Å². The summed E-state index contributed by atoms with van der Waals surface area (Å²) < 4.78 is 5.46. The van der Waals surface area contributed by atoms with Gasteiger partial charge in [-0.25, -0.2) is 9.78 Å². The number of carbonyl (C=O) groups is 1. The summed E-state index contributed by atoms with van der Waals surface area (Å²) in [5.41, 5.74) is 6.52. The van der Waals surface area contributed by atoms with Gasteiger partial charge in [-0.15, -0.1) is 0 Å². The minimum atomic E-state index is -0.313. The largest absolute Gasteiger partial charge is 0.462 e. The molecular formula is C57H92N2O2. The number of ether oxygens (including phenoxy) is 1. The average molecular weight is 837 g/mol. The van der Waals surface area contributed by atoms with E-state index in [1.165, 1.54) is 229 Å². The van der Waals surface area contributed by atoms with E-state index in [9.17, 15) is 4.79 Å². The highest BCUT2D eigenvalue weighted by molar-refractivity contribution is 5.92. The number of hydrogen-bond acceptors (Lipinski definition) is 4. The molecular weight excluding hydrogens is 745 g/mol. The SMILES string of the molecule is CCCCCCCCCCCCCCCCCCCc1cccc(-c2cc(C(=O)OCC)cc(-c3cc(CCCCCCCCCCCCCCCCCCC)ccn3)n2)c1. The molecule has 0 N–H and O–H groups in total. The van der Waals surface area contributed by atoms with Crippen LogP contribution in [0.5, 0.6) is 0 Å². The Labute approximate surface area is 376 Å². The van der Waals surface area contributed by atoms with Gasteiger partial charge >= 0.3 is 5.97 Å². The standard InChI is InChI=1S/C57H92N2O2/c1-4-7-9-11-13-15-17-19-21-23-25-27-29-31-33-35-37-40-50-42-39-43-52(46-50)54-48-53(57(60)61-6-3)49-56(59-54)55-47-51(44-45-58-55)41-38-36-34-32-30-28-26-24-22-20-18-16-14-12-10-8-5-2/h39,42-49H,4-38,40-41H2,1-3H3. The van der Waals surface area contributed by atoms with Gasteiger partial charge in [0, 0.05) is 11.8 Å². The van der Waals surface area contributed by atoms with Crippen molar-refractivity contribution >= 4 is 5.97 Å². The molecule has 0 amide bonds. The fourth-order valence-corrected chi connectivity index (χ4v) is 8.91. The molecule has 61 heavy (non-hydrogen) atoms. The Kier molecular flexibility index (Phi) is 31.3. The predicted molar refractivity (Wildman–Crippen MR) is 265 cm³/mol. The summed E-state index contributed by atoms with van der Waals surface area (Å²) in [6.45, 7) is 6.79. The second-order valence-corrected chi connectivity index (χ2v) is 18.4. The van der Waals surface area contributed by atoms with Gasteiger partial charge in [-0.3, -0.25) is 4.98 Å². The van der Waals surface area contributed by atoms with Gasteiger partial charge in [0.25, 0.3) is 0 Å². The lowest BCUT2D eigenvalue weighted by Gasteiger charge is -2.11. The zero-order valence-electron chi connectivity index (χ0n) is 40.1. The first-order valence-corrected chi connectivity index (χ1v) is 26.4. The number of rotatable bonds is 40. The second kappa shape index (κ2) is 36.5. The van der Waals surface area contributed by atoms with Gasteiger partial charge in [-0.2, -0.15) is 0 Å². The zero-order valence-corrected chi connectivity index (χ0v) is 40.1. The van der Waals surface area contributed by atoms with Crippen LogP contribution >= 0.6 is 0 Å². The van der Waals surface area contributed by atoms with Gasteiger partial charge in [0.15, 0.2) is 0 Å². The van der Waals surface area contributed by atoms with Gasteiger partial charge < -0.3 is 4.74 Å². The molecule has 4 heteroatoms. The third-order valence-electron chi connectivity index (χ3n) is 12.8. The molecule has 0 radical (unpaired) electrons. The lowest BCUT2D eigenvalue weighted by Crippen LogP contribution is -2.06. The van der Waals surface area contributed by atoms with Crippen LogP contribution in [0.25, 0.3) is 22.6 Å². The Bertz CT molecular complexity index is 1400. The Balaban J connectivity index is 1.36. The first-order valence-electron chi connectivity index (χ1n) is 26.4. The summed E-state index contributed by atoms with van der Waals surface area (Å²) in [5.74, 6) is -0.313. The Morgan fingerprint density at radius 1 is 0.426 bits per heavy atom. The quantitative estimate of drug-likeness (QED) is 0.0423. The minimum Gasteiger partial charge on any atom is -0.462 e. The smallest absolute Gasteiger partial charge is 0.338 e. The van der Waals surface area contributed by atoms with Crippen molar-refractivity contribution in [3.8, 4) is 22.6 Å². The second-order valence-electron chi connectivity index (χ2n) is 18.4. The fourth-order valence-electron chi connectivity index (χ4n) is 8.91. The molecule has 0 atom stereocenters. The van der Waals surface area contributed by atoms with E-state index in [2.05, 4.69) is 50.2 Å². The molecule has 3 aromatic rings. The molecule has 2 aromatic heterocycles. The van der Waals surface area contributed by atoms with Crippen molar-refractivity contribution in [3.63, 3.8) is 0 Å². The Hall–Kier alpha value is -3.01. The molecule has 0 aliphatic heterocycles. The molecule has 0 unspecified atom stereocenters. The molecule has 2 heterocycles. The molecule has 1 aromatic carbocycles. The van der Waals surface area contributed by atoms with E-state index in [-0.39, 0.29) is 5.97 Å². The van der Waals surface area contributed by atoms with Crippen molar-refractivity contribution in [1.82, 2.24) is 9.97 Å². The van der Waals surface area contributed by atoms with Gasteiger partial charge in [0.05, 0.1) is 29.3 Å². The summed E-state index contributed by atoms with van der Waals surface area (Å²) in [4.78, 5) is 22.9. The van der Waals surface area contributed by atoms with E-state index in [1.54, 1.807) is 0 Å². The predicted octanol–water partition coefficient (Wildman–Crippen LogP) is 18.4. The van der Waals surface area contributed by atoms with Crippen molar-refractivity contribution < 1.29 is 9.53 Å². The molecule has 0 aliphatic carbocycles. The number of benzene rings is 1. The van der Waals surface area contributed by atoms with Crippen LogP contribution < -0.4 is 0 Å². The topological polar surface area (TPSA) is 52.1 Å². The molecule has 3 rings (SSSR count). The van der Waals surface area contributed by atoms with Crippen LogP contribution in [0.15, 0.2) is 54.7 Å². The Morgan fingerprint density at radius 2 is 0.820 bits per heavy atom. The summed E-state index contributed by atoms with van der Waals surface area (Å²) in [5, 5.41) is 0. The lowest BCUT2D eigenvalue weighted by molar-refractivity contribution is 0.0526. The highest BCUT2D eigenvalue weighted by Crippen LogP contribution is 2.27. The van der Waals surface area contributed by atoms with E-state index >= 15 is 0 Å². The highest BCUT2D eigenvalue weighted by atomic mass is 16.5. The Morgan fingerprint density at radius 3 is 1.25 bits per heavy atom. The average Bonchev–Trinajstić information content (AvgIpc) is 3.28. The summed E-state index contributed by atoms with van der Waals surface area (Å²) in [6, 6.07) is 16.8. The van der Waals surface area contributed by atoms with E-state index < -0.39 is 0 Å². The molecule has 0 aliphatic rings. The maximum Gasteiger partial charge on any atom is 0.338 e. The number of pyridine rings is 2. The van der Waals surface area contributed by atoms with E-state index in [0.717, 1.165) is 35.5 Å². The van der Waals surface area contributed by atoms with E-state index in [0.29, 0.717) is 12.2 Å². The van der Waals surface area contributed by atoms with Gasteiger partial charge in [-0.1, -0.05) is 238 Å². The summed E-state index contributed by atoms with van der Waals surface area (Å²) in [6.07, 6.45) is 51.2. The van der Waals surface area contributed by atoms with Crippen molar-refractivity contribution in [1.29, 1.82) is 0 Å². The number of carbonyl (C=O) groups excluding carboxylic acids is 1. The fraction of sp³-hybridized carbons (Fsp3) is 0.702. The van der Waals surface area contributed by atoms with Gasteiger partial charge in [-0.05, 0) is 74.1 Å². The van der Waals surface area contributed by atoms with Crippen molar-refractivity contribution in [2.75, 3.05) is 6.61 Å². The molecule has 0 fully saturated rings. The minimum absolute atomic E-state index is 0.313. The van der Waals surface area contributed by atoms with Crippen molar-refractivity contribution in [2.24, 2.45) is 0 Å². The van der Waals surface area contributed by atoms with Gasteiger partial charge in [0.1, 0.15) is 0 Å². The van der Waals surface area contributed by atoms with Crippen LogP contribution in [0.1, 0.15) is 261 Å². The maximum atomic E-state index is 13.0. The van der Waals surface area contributed by atoms with Crippen LogP contribution in [0.2, 0.25) is 0 Å². The molecule has 0 bridgehead atoms. The number of aryl methyl sites for hydroxylation is 2. The van der Waals surface area contributed by atoms with Crippen LogP contribution in [0, 0.1) is 0 Å². The number of aromatic nitrogens is 2. The summed E-state index contributed by atoms with van der Waals surface area (Å²) in [7, 11) is 0. The molecule has 4 nitrogen and oxygen atoms in total. The first kappa shape index (κ1) is 52.3. The van der Waals surface area contributed by atoms with Crippen LogP contribution in [-0.4, -0.2) is 22.5 Å². The molecule has 342 valence electrons. The third kappa shape index (κ3) is 25.6. The number of hydrogen-bond donors (Lipinski definition) is 0. The normalized spacial score (nSPS) is 11.4. The van der Waals surface area contributed by atoms with Crippen LogP contribution in [0.4, 0.5) is 0 Å². The lowest BCUT2D eigenvalue weighted by atomic mass is 10.00. The molecule has 0 saturated heterocycles. The van der Waals surface area contributed by atoms with E-state index in [1.807, 2.05) is 25.3 Å². The first-order chi connectivity index (χ1) is 30.1. The number of unbranched alkanes of at least 4 members (excludes halogenated alkanes) is 32. The number of esters is 1. The van der Waals surface area contributed by atoms with Crippen LogP contribution in [-0.2, 0) is 17.6 Å². The van der Waals surface area contributed by atoms with Crippen LogP contribution in [0.3, 0.4) is 0 Å². The van der Waals surface area contributed by atoms with E-state index in [4.69, 9.17) is 14.7 Å². The third-order valence-corrected chi connectivity index (χ3v) is 12.8. The van der Waals surface area contributed by atoms with Crippen molar-refractivity contribution in [2.45, 2.75) is 252 Å². The van der Waals surface area contributed by atoms with Gasteiger partial charge in [0.2, 0.25) is 0 Å². The molecule has 0 spiro atoms. The molecule has 0 saturated carbocycles.